The molecule has 2 rings (SSSR count). The monoisotopic (exact) mass is 320 g/mol. The molecular weight excluding hydrogens is 300 g/mol. The fourth-order valence-electron chi connectivity index (χ4n) is 1.88. The molecule has 0 saturated heterocycles. The highest BCUT2D eigenvalue weighted by molar-refractivity contribution is 7.11. The fraction of sp³-hybridized carbons (Fsp3) is 0.375. The van der Waals surface area contributed by atoms with Gasteiger partial charge in [0.15, 0.2) is 0 Å². The number of amides is 1. The Bertz CT molecular complexity index is 599. The second-order valence-electron chi connectivity index (χ2n) is 4.74. The van der Waals surface area contributed by atoms with Crippen LogP contribution in [0.3, 0.4) is 0 Å². The van der Waals surface area contributed by atoms with Gasteiger partial charge in [0.25, 0.3) is 0 Å². The van der Waals surface area contributed by atoms with Crippen molar-refractivity contribution in [2.45, 2.75) is 20.0 Å². The van der Waals surface area contributed by atoms with Crippen LogP contribution >= 0.6 is 11.3 Å². The number of nitrogens with one attached hydrogen (secondary N) is 1. The number of ether oxygens (including phenoxy) is 2. The van der Waals surface area contributed by atoms with E-state index in [1.807, 2.05) is 37.3 Å². The molecule has 0 aliphatic rings. The van der Waals surface area contributed by atoms with Gasteiger partial charge in [-0.05, 0) is 19.1 Å². The topological polar surface area (TPSA) is 60.5 Å². The lowest BCUT2D eigenvalue weighted by atomic mass is 10.3. The second-order valence-corrected chi connectivity index (χ2v) is 5.91. The van der Waals surface area contributed by atoms with E-state index in [0.717, 1.165) is 21.3 Å². The second kappa shape index (κ2) is 8.51. The zero-order chi connectivity index (χ0) is 15.8. The van der Waals surface area contributed by atoms with Gasteiger partial charge in [0.2, 0.25) is 5.91 Å². The fourth-order valence-corrected chi connectivity index (χ4v) is 2.86. The van der Waals surface area contributed by atoms with Crippen molar-refractivity contribution >= 4 is 17.2 Å². The van der Waals surface area contributed by atoms with Gasteiger partial charge in [-0.15, -0.1) is 11.3 Å². The number of carbonyl (C=O) groups is 1. The van der Waals surface area contributed by atoms with Gasteiger partial charge >= 0.3 is 0 Å². The summed E-state index contributed by atoms with van der Waals surface area (Å²) in [5, 5.41) is 3.69. The zero-order valence-electron chi connectivity index (χ0n) is 12.8. The molecule has 1 aromatic heterocycles. The van der Waals surface area contributed by atoms with E-state index in [1.165, 1.54) is 11.3 Å². The molecule has 0 aliphatic carbocycles. The summed E-state index contributed by atoms with van der Waals surface area (Å²) in [5.41, 5.74) is 0.888. The van der Waals surface area contributed by atoms with E-state index in [0.29, 0.717) is 26.2 Å². The molecule has 6 heteroatoms. The Morgan fingerprint density at radius 3 is 2.82 bits per heavy atom. The van der Waals surface area contributed by atoms with E-state index in [2.05, 4.69) is 10.3 Å². The maximum Gasteiger partial charge on any atom is 0.225 e. The number of carbonyl (C=O) groups excluding carboxylic acids is 1. The molecule has 1 N–H and O–H groups in total. The van der Waals surface area contributed by atoms with E-state index in [-0.39, 0.29) is 5.91 Å². The summed E-state index contributed by atoms with van der Waals surface area (Å²) >= 11 is 1.52. The predicted molar refractivity (Wildman–Crippen MR) is 86.2 cm³/mol. The van der Waals surface area contributed by atoms with Gasteiger partial charge < -0.3 is 14.8 Å². The maximum atomic E-state index is 11.8. The number of aromatic nitrogens is 1. The molecule has 0 bridgehead atoms. The standard InChI is InChI=1S/C16H20N2O3S/c1-12-14(10-15(19)17-8-9-20-2)22-16(18-12)11-21-13-6-4-3-5-7-13/h3-7H,8-11H2,1-2H3,(H,17,19). The third kappa shape index (κ3) is 5.13. The average Bonchev–Trinajstić information content (AvgIpc) is 2.87. The number of rotatable bonds is 8. The molecule has 0 saturated carbocycles. The Morgan fingerprint density at radius 1 is 1.32 bits per heavy atom. The number of nitrogens with zero attached hydrogens (tertiary/aromatic N) is 1. The normalized spacial score (nSPS) is 10.5. The van der Waals surface area contributed by atoms with Crippen LogP contribution in [0.15, 0.2) is 30.3 Å². The van der Waals surface area contributed by atoms with Crippen LogP contribution in [0, 0.1) is 6.92 Å². The molecule has 0 radical (unpaired) electrons. The van der Waals surface area contributed by atoms with Crippen LogP contribution in [0.1, 0.15) is 15.6 Å². The van der Waals surface area contributed by atoms with Crippen molar-refractivity contribution in [3.05, 3.63) is 45.9 Å². The van der Waals surface area contributed by atoms with Crippen LogP contribution in [0.25, 0.3) is 0 Å². The Balaban J connectivity index is 1.86. The van der Waals surface area contributed by atoms with Crippen LogP contribution in [-0.2, 0) is 22.6 Å². The molecule has 5 nitrogen and oxygen atoms in total. The minimum atomic E-state index is -0.0145. The highest BCUT2D eigenvalue weighted by atomic mass is 32.1. The third-order valence-corrected chi connectivity index (χ3v) is 4.12. The Morgan fingerprint density at radius 2 is 2.09 bits per heavy atom. The van der Waals surface area contributed by atoms with Gasteiger partial charge in [-0.25, -0.2) is 4.98 Å². The highest BCUT2D eigenvalue weighted by Gasteiger charge is 2.12. The van der Waals surface area contributed by atoms with Gasteiger partial charge in [-0.2, -0.15) is 0 Å². The first-order valence-electron chi connectivity index (χ1n) is 7.07. The Hall–Kier alpha value is -1.92. The van der Waals surface area contributed by atoms with Crippen molar-refractivity contribution in [2.75, 3.05) is 20.3 Å². The van der Waals surface area contributed by atoms with Crippen LogP contribution in [0.4, 0.5) is 0 Å². The molecule has 0 spiro atoms. The first kappa shape index (κ1) is 16.5. The molecular formula is C16H20N2O3S. The summed E-state index contributed by atoms with van der Waals surface area (Å²) < 4.78 is 10.6. The van der Waals surface area contributed by atoms with Crippen LogP contribution in [0.2, 0.25) is 0 Å². The summed E-state index contributed by atoms with van der Waals surface area (Å²) in [6, 6.07) is 9.62. The lowest BCUT2D eigenvalue weighted by Gasteiger charge is -2.03. The summed E-state index contributed by atoms with van der Waals surface area (Å²) in [7, 11) is 1.61. The SMILES string of the molecule is COCCNC(=O)Cc1sc(COc2ccccc2)nc1C. The van der Waals surface area contributed by atoms with Crippen molar-refractivity contribution in [3.8, 4) is 5.75 Å². The van der Waals surface area contributed by atoms with E-state index in [1.54, 1.807) is 7.11 Å². The number of thiazole rings is 1. The largest absolute Gasteiger partial charge is 0.486 e. The minimum absolute atomic E-state index is 0.0145. The van der Waals surface area contributed by atoms with E-state index < -0.39 is 0 Å². The zero-order valence-corrected chi connectivity index (χ0v) is 13.6. The number of methoxy groups -OCH3 is 1. The van der Waals surface area contributed by atoms with Crippen LogP contribution in [0.5, 0.6) is 5.75 Å². The average molecular weight is 320 g/mol. The van der Waals surface area contributed by atoms with Crippen molar-refractivity contribution < 1.29 is 14.3 Å². The van der Waals surface area contributed by atoms with Crippen molar-refractivity contribution in [1.82, 2.24) is 10.3 Å². The molecule has 0 fully saturated rings. The molecule has 118 valence electrons. The van der Waals surface area contributed by atoms with E-state index in [4.69, 9.17) is 9.47 Å². The van der Waals surface area contributed by atoms with Crippen LogP contribution in [-0.4, -0.2) is 31.2 Å². The lowest BCUT2D eigenvalue weighted by molar-refractivity contribution is -0.120. The van der Waals surface area contributed by atoms with Gasteiger partial charge in [0.1, 0.15) is 17.4 Å². The first-order valence-corrected chi connectivity index (χ1v) is 7.89. The number of aryl methyl sites for hydroxylation is 1. The van der Waals surface area contributed by atoms with Crippen LogP contribution < -0.4 is 10.1 Å². The molecule has 2 aromatic rings. The van der Waals surface area contributed by atoms with Gasteiger partial charge in [-0.1, -0.05) is 18.2 Å². The van der Waals surface area contributed by atoms with Gasteiger partial charge in [-0.3, -0.25) is 4.79 Å². The number of hydrogen-bond donors (Lipinski definition) is 1. The third-order valence-electron chi connectivity index (χ3n) is 2.99. The lowest BCUT2D eigenvalue weighted by Crippen LogP contribution is -2.28. The van der Waals surface area contributed by atoms with E-state index >= 15 is 0 Å². The number of hydrogen-bond acceptors (Lipinski definition) is 5. The molecule has 1 amide bonds. The summed E-state index contributed by atoms with van der Waals surface area (Å²) in [6.07, 6.45) is 0.346. The maximum absolute atomic E-state index is 11.8. The Labute approximate surface area is 134 Å². The summed E-state index contributed by atoms with van der Waals surface area (Å²) in [6.45, 7) is 3.38. The van der Waals surface area contributed by atoms with Gasteiger partial charge in [0.05, 0.1) is 18.7 Å². The quantitative estimate of drug-likeness (QED) is 0.759. The molecule has 1 aromatic carbocycles. The summed E-state index contributed by atoms with van der Waals surface area (Å²) in [5.74, 6) is 0.800. The predicted octanol–water partition coefficient (Wildman–Crippen LogP) is 2.34. The minimum Gasteiger partial charge on any atom is -0.486 e. The van der Waals surface area contributed by atoms with Crippen molar-refractivity contribution in [2.24, 2.45) is 0 Å². The van der Waals surface area contributed by atoms with Crippen molar-refractivity contribution in [3.63, 3.8) is 0 Å². The van der Waals surface area contributed by atoms with Crippen molar-refractivity contribution in [1.29, 1.82) is 0 Å². The van der Waals surface area contributed by atoms with Gasteiger partial charge in [0, 0.05) is 18.5 Å². The Kier molecular flexibility index (Phi) is 6.36. The first-order chi connectivity index (χ1) is 10.7. The molecule has 0 aliphatic heterocycles. The molecule has 22 heavy (non-hydrogen) atoms. The molecule has 0 atom stereocenters. The molecule has 0 unspecified atom stereocenters. The highest BCUT2D eigenvalue weighted by Crippen LogP contribution is 2.20. The van der Waals surface area contributed by atoms with E-state index in [9.17, 15) is 4.79 Å². The molecule has 1 heterocycles. The summed E-state index contributed by atoms with van der Waals surface area (Å²) in [4.78, 5) is 17.2. The number of benzene rings is 1. The smallest absolute Gasteiger partial charge is 0.225 e. The number of para-hydroxylation sites is 1.